The minimum Gasteiger partial charge on any atom is -0.379 e. The Bertz CT molecular complexity index is 1200. The number of rotatable bonds is 4. The Labute approximate surface area is 205 Å². The smallest absolute Gasteiger partial charge is 0.228 e. The van der Waals surface area contributed by atoms with Gasteiger partial charge in [0.2, 0.25) is 11.9 Å². The van der Waals surface area contributed by atoms with Crippen LogP contribution in [0.1, 0.15) is 18.4 Å². The first-order valence-corrected chi connectivity index (χ1v) is 12.4. The van der Waals surface area contributed by atoms with Crippen LogP contribution < -0.4 is 15.5 Å². The van der Waals surface area contributed by atoms with Crippen LogP contribution in [0.5, 0.6) is 0 Å². The molecule has 2 saturated heterocycles. The van der Waals surface area contributed by atoms with Crippen molar-refractivity contribution in [3.05, 3.63) is 60.3 Å². The summed E-state index contributed by atoms with van der Waals surface area (Å²) in [4.78, 5) is 26.6. The number of carbonyl (C=O) groups excluding carboxylic acids is 1. The van der Waals surface area contributed by atoms with Gasteiger partial charge in [-0.3, -0.25) is 9.69 Å². The fourth-order valence-corrected chi connectivity index (χ4v) is 5.31. The largest absolute Gasteiger partial charge is 0.379 e. The first kappa shape index (κ1) is 22.0. The predicted molar refractivity (Wildman–Crippen MR) is 137 cm³/mol. The molecule has 0 saturated carbocycles. The third-order valence-electron chi connectivity index (χ3n) is 7.19. The first-order chi connectivity index (χ1) is 17.2. The number of nitrogens with one attached hydrogen (secondary N) is 2. The van der Waals surface area contributed by atoms with Crippen LogP contribution in [0.3, 0.4) is 0 Å². The molecule has 0 aliphatic carbocycles. The van der Waals surface area contributed by atoms with Crippen molar-refractivity contribution in [1.29, 1.82) is 0 Å². The lowest BCUT2D eigenvalue weighted by Gasteiger charge is -2.40. The van der Waals surface area contributed by atoms with E-state index in [1.54, 1.807) is 6.20 Å². The molecule has 2 aromatic carbocycles. The maximum Gasteiger partial charge on any atom is 0.228 e. The molecule has 0 radical (unpaired) electrons. The van der Waals surface area contributed by atoms with Gasteiger partial charge in [0.1, 0.15) is 0 Å². The Balaban J connectivity index is 1.13. The van der Waals surface area contributed by atoms with Gasteiger partial charge in [-0.25, -0.2) is 9.97 Å². The number of amides is 1. The Hall–Kier alpha value is -3.49. The van der Waals surface area contributed by atoms with Crippen molar-refractivity contribution in [2.45, 2.75) is 25.3 Å². The number of aromatic nitrogens is 2. The molecule has 2 N–H and O–H groups in total. The van der Waals surface area contributed by atoms with Crippen molar-refractivity contribution in [1.82, 2.24) is 14.9 Å². The Morgan fingerprint density at radius 1 is 0.971 bits per heavy atom. The molecule has 8 heteroatoms. The number of benzene rings is 2. The van der Waals surface area contributed by atoms with Gasteiger partial charge in [0.15, 0.2) is 0 Å². The molecule has 0 unspecified atom stereocenters. The van der Waals surface area contributed by atoms with Crippen LogP contribution in [0.25, 0.3) is 11.3 Å². The molecule has 0 atom stereocenters. The molecule has 35 heavy (non-hydrogen) atoms. The summed E-state index contributed by atoms with van der Waals surface area (Å²) >= 11 is 0. The maximum absolute atomic E-state index is 12.3. The molecule has 3 aliphatic heterocycles. The van der Waals surface area contributed by atoms with Gasteiger partial charge < -0.3 is 20.3 Å². The van der Waals surface area contributed by atoms with E-state index < -0.39 is 0 Å². The van der Waals surface area contributed by atoms with E-state index in [4.69, 9.17) is 9.72 Å². The number of hydrogen-bond donors (Lipinski definition) is 2. The van der Waals surface area contributed by atoms with E-state index in [1.165, 1.54) is 18.5 Å². The molecule has 0 spiro atoms. The van der Waals surface area contributed by atoms with E-state index in [1.807, 2.05) is 24.3 Å². The standard InChI is InChI=1S/C27H30N6O2/c34-25-17-19-18-28-27(31-26(19)23-3-1-2-4-24(23)30-25)29-20-5-7-21(8-6-20)32-11-9-22(10-12-32)33-13-15-35-16-14-33/h1-8,18,22H,9-17H2,(H,30,34)(H,28,29,31). The van der Waals surface area contributed by atoms with Gasteiger partial charge in [-0.15, -0.1) is 0 Å². The van der Waals surface area contributed by atoms with Gasteiger partial charge in [0, 0.05) is 60.9 Å². The van der Waals surface area contributed by atoms with Gasteiger partial charge >= 0.3 is 0 Å². The summed E-state index contributed by atoms with van der Waals surface area (Å²) in [6, 6.07) is 16.9. The third-order valence-corrected chi connectivity index (χ3v) is 7.19. The molecule has 4 heterocycles. The van der Waals surface area contributed by atoms with Gasteiger partial charge in [-0.05, 0) is 43.2 Å². The van der Waals surface area contributed by atoms with Crippen molar-refractivity contribution in [3.63, 3.8) is 0 Å². The summed E-state index contributed by atoms with van der Waals surface area (Å²) in [6.45, 7) is 6.01. The summed E-state index contributed by atoms with van der Waals surface area (Å²) in [5.74, 6) is 0.469. The number of fused-ring (bicyclic) bond motifs is 3. The number of piperidine rings is 1. The number of anilines is 4. The van der Waals surface area contributed by atoms with Crippen LogP contribution in [-0.4, -0.2) is 66.2 Å². The molecule has 180 valence electrons. The van der Waals surface area contributed by atoms with Gasteiger partial charge in [-0.1, -0.05) is 18.2 Å². The highest BCUT2D eigenvalue weighted by Gasteiger charge is 2.26. The summed E-state index contributed by atoms with van der Waals surface area (Å²) in [5, 5.41) is 6.29. The zero-order valence-corrected chi connectivity index (χ0v) is 19.7. The minimum absolute atomic E-state index is 0.0509. The van der Waals surface area contributed by atoms with E-state index >= 15 is 0 Å². The van der Waals surface area contributed by atoms with Gasteiger partial charge in [-0.2, -0.15) is 0 Å². The highest BCUT2D eigenvalue weighted by molar-refractivity contribution is 5.99. The molecule has 6 rings (SSSR count). The summed E-state index contributed by atoms with van der Waals surface area (Å²) in [5.41, 5.74) is 5.49. The minimum atomic E-state index is -0.0509. The number of carbonyl (C=O) groups is 1. The number of morpholine rings is 1. The molecular weight excluding hydrogens is 440 g/mol. The molecule has 2 fully saturated rings. The topological polar surface area (TPSA) is 82.6 Å². The number of hydrogen-bond acceptors (Lipinski definition) is 7. The monoisotopic (exact) mass is 470 g/mol. The SMILES string of the molecule is O=C1Cc2cnc(Nc3ccc(N4CCC(N5CCOCC5)CC4)cc3)nc2-c2ccccc2N1. The van der Waals surface area contributed by atoms with E-state index in [9.17, 15) is 4.79 Å². The molecule has 1 aromatic heterocycles. The normalized spacial score (nSPS) is 18.9. The number of ether oxygens (including phenoxy) is 1. The van der Waals surface area contributed by atoms with Crippen LogP contribution in [-0.2, 0) is 16.0 Å². The highest BCUT2D eigenvalue weighted by Crippen LogP contribution is 2.33. The fourth-order valence-electron chi connectivity index (χ4n) is 5.31. The van der Waals surface area contributed by atoms with Crippen molar-refractivity contribution in [2.24, 2.45) is 0 Å². The molecule has 0 bridgehead atoms. The molecular formula is C27H30N6O2. The third kappa shape index (κ3) is 4.72. The number of nitrogens with zero attached hydrogens (tertiary/aromatic N) is 4. The Morgan fingerprint density at radius 3 is 2.54 bits per heavy atom. The second-order valence-electron chi connectivity index (χ2n) is 9.38. The van der Waals surface area contributed by atoms with Crippen molar-refractivity contribution < 1.29 is 9.53 Å². The first-order valence-electron chi connectivity index (χ1n) is 12.4. The average molecular weight is 471 g/mol. The highest BCUT2D eigenvalue weighted by atomic mass is 16.5. The Morgan fingerprint density at radius 2 is 1.74 bits per heavy atom. The van der Waals surface area contributed by atoms with Crippen LogP contribution in [0.2, 0.25) is 0 Å². The summed E-state index contributed by atoms with van der Waals surface area (Å²) < 4.78 is 5.50. The molecule has 1 amide bonds. The van der Waals surface area contributed by atoms with Crippen LogP contribution in [0.4, 0.5) is 23.0 Å². The van der Waals surface area contributed by atoms with Crippen molar-refractivity contribution >= 4 is 28.9 Å². The lowest BCUT2D eigenvalue weighted by molar-refractivity contribution is -0.115. The average Bonchev–Trinajstić information content (AvgIpc) is 3.05. The molecule has 3 aliphatic rings. The van der Waals surface area contributed by atoms with Gasteiger partial charge in [0.05, 0.1) is 31.0 Å². The van der Waals surface area contributed by atoms with E-state index in [2.05, 4.69) is 49.7 Å². The second kappa shape index (κ2) is 9.64. The Kier molecular flexibility index (Phi) is 6.06. The van der Waals surface area contributed by atoms with E-state index in [-0.39, 0.29) is 12.3 Å². The maximum atomic E-state index is 12.3. The molecule has 8 nitrogen and oxygen atoms in total. The van der Waals surface area contributed by atoms with Crippen molar-refractivity contribution in [2.75, 3.05) is 54.9 Å². The van der Waals surface area contributed by atoms with E-state index in [0.29, 0.717) is 12.0 Å². The molecule has 3 aromatic rings. The quantitative estimate of drug-likeness (QED) is 0.602. The number of para-hydroxylation sites is 1. The van der Waals surface area contributed by atoms with Crippen LogP contribution >= 0.6 is 0 Å². The second-order valence-corrected chi connectivity index (χ2v) is 9.38. The lowest BCUT2D eigenvalue weighted by atomic mass is 10.0. The summed E-state index contributed by atoms with van der Waals surface area (Å²) in [6.07, 6.45) is 4.41. The zero-order chi connectivity index (χ0) is 23.6. The van der Waals surface area contributed by atoms with Gasteiger partial charge in [0.25, 0.3) is 0 Å². The lowest BCUT2D eigenvalue weighted by Crippen LogP contribution is -2.49. The van der Waals surface area contributed by atoms with Crippen molar-refractivity contribution in [3.8, 4) is 11.3 Å². The predicted octanol–water partition coefficient (Wildman–Crippen LogP) is 3.68. The fraction of sp³-hybridized carbons (Fsp3) is 0.370. The van der Waals surface area contributed by atoms with Crippen LogP contribution in [0.15, 0.2) is 54.7 Å². The summed E-state index contributed by atoms with van der Waals surface area (Å²) in [7, 11) is 0. The zero-order valence-electron chi connectivity index (χ0n) is 19.7. The van der Waals surface area contributed by atoms with Crippen LogP contribution in [0, 0.1) is 0 Å². The van der Waals surface area contributed by atoms with E-state index in [0.717, 1.165) is 67.6 Å².